The van der Waals surface area contributed by atoms with Crippen molar-refractivity contribution < 1.29 is 23.1 Å². The number of pyridine rings is 1. The summed E-state index contributed by atoms with van der Waals surface area (Å²) in [6.07, 6.45) is -1.48. The smallest absolute Gasteiger partial charge is 0.475 e. The molecule has 1 rings (SSSR count). The fraction of sp³-hybridized carbons (Fsp3) is 0.250. The van der Waals surface area contributed by atoms with E-state index in [1.165, 1.54) is 5.56 Å². The second-order valence-electron chi connectivity index (χ2n) is 2.33. The molecular weight excluding hydrogens is 199 g/mol. The highest BCUT2D eigenvalue weighted by molar-refractivity contribution is 5.73. The van der Waals surface area contributed by atoms with E-state index < -0.39 is 12.1 Å². The molecule has 0 unspecified atom stereocenters. The highest BCUT2D eigenvalue weighted by Gasteiger charge is 2.38. The van der Waals surface area contributed by atoms with Crippen molar-refractivity contribution in [2.45, 2.75) is 13.1 Å². The first-order valence-corrected chi connectivity index (χ1v) is 3.51. The van der Waals surface area contributed by atoms with E-state index in [0.29, 0.717) is 0 Å². The highest BCUT2D eigenvalue weighted by atomic mass is 19.4. The predicted octanol–water partition coefficient (Wildman–Crippen LogP) is 2.02. The van der Waals surface area contributed by atoms with Crippen molar-refractivity contribution in [3.05, 3.63) is 30.1 Å². The SMILES string of the molecule is Cc1cccnc1.O=C(O)C(F)(F)F. The maximum Gasteiger partial charge on any atom is 0.490 e. The molecule has 0 amide bonds. The van der Waals surface area contributed by atoms with E-state index in [9.17, 15) is 13.2 Å². The molecule has 0 atom stereocenters. The fourth-order valence-electron chi connectivity index (χ4n) is 0.448. The minimum Gasteiger partial charge on any atom is -0.475 e. The number of hydrogen-bond donors (Lipinski definition) is 1. The van der Waals surface area contributed by atoms with Gasteiger partial charge in [-0.2, -0.15) is 13.2 Å². The highest BCUT2D eigenvalue weighted by Crippen LogP contribution is 2.13. The van der Waals surface area contributed by atoms with Crippen LogP contribution in [0, 0.1) is 6.92 Å². The summed E-state index contributed by atoms with van der Waals surface area (Å²) in [6.45, 7) is 2.02. The Labute approximate surface area is 78.2 Å². The molecule has 0 aromatic carbocycles. The van der Waals surface area contributed by atoms with Crippen LogP contribution in [0.1, 0.15) is 5.56 Å². The molecule has 0 spiro atoms. The Morgan fingerprint density at radius 3 is 2.14 bits per heavy atom. The monoisotopic (exact) mass is 207 g/mol. The number of rotatable bonds is 0. The van der Waals surface area contributed by atoms with Crippen molar-refractivity contribution in [1.29, 1.82) is 0 Å². The van der Waals surface area contributed by atoms with Crippen molar-refractivity contribution >= 4 is 5.97 Å². The second-order valence-corrected chi connectivity index (χ2v) is 2.33. The van der Waals surface area contributed by atoms with Gasteiger partial charge < -0.3 is 5.11 Å². The summed E-state index contributed by atoms with van der Waals surface area (Å²) in [7, 11) is 0. The zero-order valence-electron chi connectivity index (χ0n) is 7.25. The molecule has 1 aromatic rings. The molecule has 0 aliphatic heterocycles. The lowest BCUT2D eigenvalue weighted by Gasteiger charge is -1.93. The number of carbonyl (C=O) groups is 1. The van der Waals surface area contributed by atoms with Gasteiger partial charge in [-0.15, -0.1) is 0 Å². The van der Waals surface area contributed by atoms with E-state index in [1.54, 1.807) is 6.20 Å². The molecule has 0 aliphatic carbocycles. The molecule has 6 heteroatoms. The molecule has 14 heavy (non-hydrogen) atoms. The van der Waals surface area contributed by atoms with E-state index >= 15 is 0 Å². The first kappa shape index (κ1) is 12.4. The molecule has 3 nitrogen and oxygen atoms in total. The van der Waals surface area contributed by atoms with Crippen LogP contribution in [0.3, 0.4) is 0 Å². The number of alkyl halides is 3. The number of aliphatic carboxylic acids is 1. The minimum atomic E-state index is -5.08. The van der Waals surface area contributed by atoms with Crippen molar-refractivity contribution in [3.8, 4) is 0 Å². The maximum atomic E-state index is 10.6. The lowest BCUT2D eigenvalue weighted by atomic mass is 10.3. The van der Waals surface area contributed by atoms with Crippen LogP contribution < -0.4 is 0 Å². The third kappa shape index (κ3) is 5.99. The lowest BCUT2D eigenvalue weighted by Crippen LogP contribution is -2.21. The third-order valence-corrected chi connectivity index (χ3v) is 1.05. The summed E-state index contributed by atoms with van der Waals surface area (Å²) < 4.78 is 31.7. The van der Waals surface area contributed by atoms with Crippen LogP contribution in [0.25, 0.3) is 0 Å². The van der Waals surface area contributed by atoms with Crippen LogP contribution >= 0.6 is 0 Å². The van der Waals surface area contributed by atoms with Gasteiger partial charge in [-0.1, -0.05) is 6.07 Å². The first-order valence-electron chi connectivity index (χ1n) is 3.51. The minimum absolute atomic E-state index is 1.21. The average Bonchev–Trinajstić information content (AvgIpc) is 2.04. The standard InChI is InChI=1S/C6H7N.C2HF3O2/c1-6-3-2-4-7-5-6;3-2(4,5)1(6)7/h2-5H,1H3;(H,6,7). The van der Waals surface area contributed by atoms with Crippen molar-refractivity contribution in [2.24, 2.45) is 0 Å². The number of halogens is 3. The Balaban J connectivity index is 0.000000241. The molecule has 0 fully saturated rings. The van der Waals surface area contributed by atoms with Crippen molar-refractivity contribution in [1.82, 2.24) is 4.98 Å². The number of nitrogens with zero attached hydrogens (tertiary/aromatic N) is 1. The van der Waals surface area contributed by atoms with Gasteiger partial charge in [-0.05, 0) is 18.6 Å². The molecule has 0 saturated heterocycles. The van der Waals surface area contributed by atoms with Gasteiger partial charge in [-0.25, -0.2) is 4.79 Å². The van der Waals surface area contributed by atoms with Crippen LogP contribution in [0.5, 0.6) is 0 Å². The summed E-state index contributed by atoms with van der Waals surface area (Å²) in [4.78, 5) is 12.8. The van der Waals surface area contributed by atoms with E-state index in [-0.39, 0.29) is 0 Å². The Morgan fingerprint density at radius 2 is 2.00 bits per heavy atom. The number of hydrogen-bond acceptors (Lipinski definition) is 2. The van der Waals surface area contributed by atoms with E-state index in [1.807, 2.05) is 25.3 Å². The van der Waals surface area contributed by atoms with Crippen molar-refractivity contribution in [3.63, 3.8) is 0 Å². The van der Waals surface area contributed by atoms with Gasteiger partial charge in [0.25, 0.3) is 0 Å². The van der Waals surface area contributed by atoms with E-state index in [0.717, 1.165) is 0 Å². The normalized spacial score (nSPS) is 10.0. The number of carboxylic acids is 1. The van der Waals surface area contributed by atoms with Gasteiger partial charge in [0.15, 0.2) is 0 Å². The quantitative estimate of drug-likeness (QED) is 0.708. The fourth-order valence-corrected chi connectivity index (χ4v) is 0.448. The molecule has 1 N–H and O–H groups in total. The molecular formula is C8H8F3NO2. The third-order valence-electron chi connectivity index (χ3n) is 1.05. The number of aryl methyl sites for hydroxylation is 1. The largest absolute Gasteiger partial charge is 0.490 e. The van der Waals surface area contributed by atoms with Crippen LogP contribution in [0.15, 0.2) is 24.5 Å². The molecule has 0 saturated carbocycles. The summed E-state index contributed by atoms with van der Waals surface area (Å²) in [5.74, 6) is -2.76. The molecule has 1 aromatic heterocycles. The van der Waals surface area contributed by atoms with Gasteiger partial charge in [0.1, 0.15) is 0 Å². The van der Waals surface area contributed by atoms with Crippen LogP contribution in [-0.4, -0.2) is 22.2 Å². The van der Waals surface area contributed by atoms with Crippen molar-refractivity contribution in [2.75, 3.05) is 0 Å². The molecule has 0 aliphatic rings. The number of aromatic nitrogens is 1. The number of carboxylic acid groups (broad SMARTS) is 1. The zero-order chi connectivity index (χ0) is 11.2. The second kappa shape index (κ2) is 5.21. The van der Waals surface area contributed by atoms with Crippen LogP contribution in [0.4, 0.5) is 13.2 Å². The summed E-state index contributed by atoms with van der Waals surface area (Å²) >= 11 is 0. The zero-order valence-corrected chi connectivity index (χ0v) is 7.25. The average molecular weight is 207 g/mol. The van der Waals surface area contributed by atoms with Gasteiger partial charge in [0.2, 0.25) is 0 Å². The Morgan fingerprint density at radius 1 is 1.50 bits per heavy atom. The predicted molar refractivity (Wildman–Crippen MR) is 42.7 cm³/mol. The van der Waals surface area contributed by atoms with Gasteiger partial charge >= 0.3 is 12.1 Å². The topological polar surface area (TPSA) is 50.2 Å². The van der Waals surface area contributed by atoms with Crippen LogP contribution in [0.2, 0.25) is 0 Å². The lowest BCUT2D eigenvalue weighted by molar-refractivity contribution is -0.192. The van der Waals surface area contributed by atoms with Crippen LogP contribution in [-0.2, 0) is 4.79 Å². The summed E-state index contributed by atoms with van der Waals surface area (Å²) in [5, 5.41) is 7.12. The van der Waals surface area contributed by atoms with E-state index in [2.05, 4.69) is 4.98 Å². The Bertz CT molecular complexity index is 284. The Kier molecular flexibility index (Phi) is 4.62. The molecule has 0 radical (unpaired) electrons. The van der Waals surface area contributed by atoms with Gasteiger partial charge in [0.05, 0.1) is 0 Å². The molecule has 0 bridgehead atoms. The van der Waals surface area contributed by atoms with Gasteiger partial charge in [0, 0.05) is 12.4 Å². The van der Waals surface area contributed by atoms with Gasteiger partial charge in [-0.3, -0.25) is 4.98 Å². The Hall–Kier alpha value is -1.59. The summed E-state index contributed by atoms with van der Waals surface area (Å²) in [5.41, 5.74) is 1.21. The first-order chi connectivity index (χ1) is 6.34. The summed E-state index contributed by atoms with van der Waals surface area (Å²) in [6, 6.07) is 3.95. The molecule has 1 heterocycles. The maximum absolute atomic E-state index is 10.6. The van der Waals surface area contributed by atoms with E-state index in [4.69, 9.17) is 9.90 Å². The molecule has 78 valence electrons.